The second kappa shape index (κ2) is 18.5. The number of ether oxygens (including phenoxy) is 2. The maximum Gasteiger partial charge on any atom is 0.329 e. The van der Waals surface area contributed by atoms with Gasteiger partial charge in [-0.25, -0.2) is 18.6 Å². The minimum absolute atomic E-state index is 0.0142. The first-order chi connectivity index (χ1) is 33.3. The number of likely N-dealkylation sites (tertiary alicyclic amines) is 1. The van der Waals surface area contributed by atoms with Crippen LogP contribution in [0.1, 0.15) is 83.4 Å². The number of hydrogen-bond acceptors (Lipinski definition) is 13. The van der Waals surface area contributed by atoms with E-state index in [1.54, 1.807) is 22.6 Å². The Hall–Kier alpha value is -6.74. The molecule has 4 amide bonds. The summed E-state index contributed by atoms with van der Waals surface area (Å²) in [7, 11) is -2.70. The summed E-state index contributed by atoms with van der Waals surface area (Å²) < 4.78 is 75.2. The third kappa shape index (κ3) is 9.11. The van der Waals surface area contributed by atoms with Gasteiger partial charge in [0.15, 0.2) is 17.4 Å². The number of amides is 4. The summed E-state index contributed by atoms with van der Waals surface area (Å²) >= 11 is 0. The van der Waals surface area contributed by atoms with Crippen molar-refractivity contribution in [1.29, 1.82) is 5.26 Å². The maximum absolute atomic E-state index is 15.9. The van der Waals surface area contributed by atoms with E-state index in [1.165, 1.54) is 47.1 Å². The van der Waals surface area contributed by atoms with E-state index in [0.29, 0.717) is 67.5 Å². The zero-order chi connectivity index (χ0) is 49.9. The van der Waals surface area contributed by atoms with Gasteiger partial charge in [-0.2, -0.15) is 23.1 Å². The molecule has 0 saturated carbocycles. The lowest BCUT2D eigenvalue weighted by molar-refractivity contribution is -0.142. The van der Waals surface area contributed by atoms with Crippen molar-refractivity contribution in [3.05, 3.63) is 76.3 Å². The molecule has 4 fully saturated rings. The highest BCUT2D eigenvalue weighted by Crippen LogP contribution is 2.42. The van der Waals surface area contributed by atoms with Crippen molar-refractivity contribution in [1.82, 2.24) is 33.9 Å². The third-order valence-corrected chi connectivity index (χ3v) is 15.5. The van der Waals surface area contributed by atoms with Gasteiger partial charge in [0.25, 0.3) is 5.56 Å². The number of benzene rings is 3. The quantitative estimate of drug-likeness (QED) is 0.148. The van der Waals surface area contributed by atoms with E-state index in [2.05, 4.69) is 20.1 Å². The van der Waals surface area contributed by atoms with Gasteiger partial charge in [0.05, 0.1) is 64.4 Å². The molecule has 70 heavy (non-hydrogen) atoms. The minimum Gasteiger partial charge on any atom is -0.453 e. The predicted octanol–water partition coefficient (Wildman–Crippen LogP) is 5.07. The number of carbonyl (C=O) groups excluding carboxylic acids is 3. The first kappa shape index (κ1) is 48.3. The number of nitrogens with one attached hydrogen (secondary N) is 2. The van der Waals surface area contributed by atoms with Gasteiger partial charge in [0, 0.05) is 64.2 Å². The van der Waals surface area contributed by atoms with E-state index in [1.807, 2.05) is 24.8 Å². The topological polar surface area (TPSA) is 238 Å². The molecule has 23 heteroatoms. The number of urea groups is 1. The van der Waals surface area contributed by atoms with Crippen LogP contribution in [0, 0.1) is 23.0 Å². The summed E-state index contributed by atoms with van der Waals surface area (Å²) in [6.07, 6.45) is 3.38. The Morgan fingerprint density at radius 2 is 1.79 bits per heavy atom. The van der Waals surface area contributed by atoms with Crippen LogP contribution in [-0.2, 0) is 24.5 Å². The van der Waals surface area contributed by atoms with Crippen LogP contribution in [0.5, 0.6) is 11.5 Å². The standard InChI is InChI=1S/C47H53F2N11O9S/c1-5-55(4)70(66,67)54-37-9-7-34(48)42(33(37)25-50)69-30-6-8-36-31(20-30)44(63)59(27-51-36)29-23-47(68-26-29)13-18-57(19-14-47)41(62)24-46(65)11-16-56(17-12-46)39-22-38-32(21-35(39)49)43(53-60(38)28(2)3)58-15-10-40(61)52-45(58)64/h6-9,20-22,27-29,54,65H,5,10-19,23-24,26H2,1-4H3,(H,52,61,64)/t29-/m1/s1. The molecular formula is C47H53F2N11O9S. The summed E-state index contributed by atoms with van der Waals surface area (Å²) in [5, 5.41) is 29.2. The van der Waals surface area contributed by atoms with E-state index in [-0.39, 0.29) is 85.9 Å². The van der Waals surface area contributed by atoms with E-state index in [0.717, 1.165) is 16.4 Å². The summed E-state index contributed by atoms with van der Waals surface area (Å²) in [6.45, 7) is 7.30. The smallest absolute Gasteiger partial charge is 0.329 e. The number of halogens is 2. The lowest BCUT2D eigenvalue weighted by atomic mass is 9.85. The molecule has 0 unspecified atom stereocenters. The number of piperidine rings is 2. The molecule has 4 aliphatic rings. The highest BCUT2D eigenvalue weighted by Gasteiger charge is 2.45. The molecule has 1 atom stereocenters. The SMILES string of the molecule is CCN(C)S(=O)(=O)Nc1ccc(F)c(Oc2ccc3ncn([C@H]4COC5(CCN(C(=O)CC6(O)CCN(c7cc8c(cc7F)c(N7CCC(=O)NC7=O)nn8C(C)C)CC6)CC5)C4)c(=O)c3c2)c1C#N. The molecule has 3 aromatic carbocycles. The molecule has 0 radical (unpaired) electrons. The molecule has 4 aliphatic heterocycles. The van der Waals surface area contributed by atoms with Gasteiger partial charge in [-0.05, 0) is 88.4 Å². The van der Waals surface area contributed by atoms with Gasteiger partial charge in [-0.15, -0.1) is 0 Å². The van der Waals surface area contributed by atoms with Gasteiger partial charge in [0.1, 0.15) is 23.2 Å². The molecular weight excluding hydrogens is 933 g/mol. The highest BCUT2D eigenvalue weighted by atomic mass is 32.2. The van der Waals surface area contributed by atoms with Crippen LogP contribution in [0.25, 0.3) is 21.8 Å². The van der Waals surface area contributed by atoms with Crippen molar-refractivity contribution in [2.24, 2.45) is 0 Å². The van der Waals surface area contributed by atoms with E-state index >= 15 is 8.78 Å². The molecule has 370 valence electrons. The van der Waals surface area contributed by atoms with Crippen LogP contribution in [0.15, 0.2) is 53.6 Å². The largest absolute Gasteiger partial charge is 0.453 e. The number of aromatic nitrogens is 4. The summed E-state index contributed by atoms with van der Waals surface area (Å²) in [5.41, 5.74) is -1.61. The number of aliphatic hydroxyl groups is 1. The molecule has 2 aromatic heterocycles. The summed E-state index contributed by atoms with van der Waals surface area (Å²) in [5.74, 6) is -2.28. The van der Waals surface area contributed by atoms with Crippen molar-refractivity contribution in [2.75, 3.05) is 67.4 Å². The molecule has 20 nitrogen and oxygen atoms in total. The fourth-order valence-electron chi connectivity index (χ4n) is 9.77. The molecule has 3 N–H and O–H groups in total. The van der Waals surface area contributed by atoms with Crippen LogP contribution in [0.3, 0.4) is 0 Å². The molecule has 6 heterocycles. The zero-order valence-electron chi connectivity index (χ0n) is 39.1. The number of nitrogens with zero attached hydrogens (tertiary/aromatic N) is 9. The van der Waals surface area contributed by atoms with Crippen LogP contribution in [0.4, 0.5) is 30.8 Å². The zero-order valence-corrected chi connectivity index (χ0v) is 39.9. The Balaban J connectivity index is 0.820. The molecule has 1 spiro atoms. The molecule has 0 bridgehead atoms. The second-order valence-corrected chi connectivity index (χ2v) is 20.5. The van der Waals surface area contributed by atoms with Crippen molar-refractivity contribution < 1.29 is 46.2 Å². The van der Waals surface area contributed by atoms with Crippen molar-refractivity contribution in [3.8, 4) is 17.6 Å². The van der Waals surface area contributed by atoms with Crippen molar-refractivity contribution >= 4 is 67.1 Å². The van der Waals surface area contributed by atoms with Crippen LogP contribution in [0.2, 0.25) is 0 Å². The van der Waals surface area contributed by atoms with Gasteiger partial charge in [-0.3, -0.25) is 38.6 Å². The highest BCUT2D eigenvalue weighted by molar-refractivity contribution is 7.90. The first-order valence-corrected chi connectivity index (χ1v) is 24.6. The maximum atomic E-state index is 15.9. The summed E-state index contributed by atoms with van der Waals surface area (Å²) in [4.78, 5) is 61.6. The van der Waals surface area contributed by atoms with Crippen molar-refractivity contribution in [3.63, 3.8) is 0 Å². The number of nitriles is 1. The minimum atomic E-state index is -4.05. The Bertz CT molecular complexity index is 3140. The Kier molecular flexibility index (Phi) is 12.8. The number of rotatable bonds is 12. The Morgan fingerprint density at radius 3 is 2.47 bits per heavy atom. The fraction of sp³-hybridized carbons (Fsp3) is 0.468. The Morgan fingerprint density at radius 1 is 1.04 bits per heavy atom. The molecule has 5 aromatic rings. The van der Waals surface area contributed by atoms with Gasteiger partial charge in [0.2, 0.25) is 11.8 Å². The number of carbonyl (C=O) groups is 3. The van der Waals surface area contributed by atoms with E-state index in [4.69, 9.17) is 9.47 Å². The average Bonchev–Trinajstić information content (AvgIpc) is 3.91. The fourth-order valence-corrected chi connectivity index (χ4v) is 10.7. The van der Waals surface area contributed by atoms with Gasteiger partial charge < -0.3 is 24.4 Å². The average molecular weight is 986 g/mol. The lowest BCUT2D eigenvalue weighted by Crippen LogP contribution is -2.51. The summed E-state index contributed by atoms with van der Waals surface area (Å²) in [6, 6.07) is 10.2. The van der Waals surface area contributed by atoms with Gasteiger partial charge >= 0.3 is 16.2 Å². The van der Waals surface area contributed by atoms with Gasteiger partial charge in [-0.1, -0.05) is 6.92 Å². The molecule has 4 saturated heterocycles. The number of imide groups is 1. The van der Waals surface area contributed by atoms with E-state index in [9.17, 15) is 38.0 Å². The van der Waals surface area contributed by atoms with Crippen molar-refractivity contribution in [2.45, 2.75) is 89.0 Å². The third-order valence-electron chi connectivity index (χ3n) is 14.0. The predicted molar refractivity (Wildman–Crippen MR) is 253 cm³/mol. The molecule has 9 rings (SSSR count). The lowest BCUT2D eigenvalue weighted by Gasteiger charge is -2.42. The first-order valence-electron chi connectivity index (χ1n) is 23.2. The van der Waals surface area contributed by atoms with Crippen LogP contribution < -0.4 is 30.1 Å². The Labute approximate surface area is 401 Å². The second-order valence-electron chi connectivity index (χ2n) is 18.7. The monoisotopic (exact) mass is 985 g/mol. The van der Waals surface area contributed by atoms with Crippen LogP contribution >= 0.6 is 0 Å². The normalized spacial score (nSPS) is 19.4. The van der Waals surface area contributed by atoms with Crippen LogP contribution in [-0.4, -0.2) is 124 Å². The van der Waals surface area contributed by atoms with E-state index < -0.39 is 62.0 Å². The number of hydrogen-bond donors (Lipinski definition) is 3. The molecule has 0 aliphatic carbocycles. The number of fused-ring (bicyclic) bond motifs is 2. The number of anilines is 3.